The predicted octanol–water partition coefficient (Wildman–Crippen LogP) is 14.3. The molecule has 0 spiro atoms. The SMILES string of the molecule is CC(C)(C)OC(=O)c1ccc(B2OC(C)(C)C(C)(C)O2)cc1F.CCOC(=O)c1cnc(N)c(-c2ccc(C(=O)N[C@H](CO)c3cc(F)cc(Br)c3)c(F)c2)n1.CCOC(=O)c1cnc(N)c(-c2ccc(C(=O)O)c(F)c2)n1.CCOC(=O)c1cnc(N)c(-c2ccc(C(=O)OC(C)(C)C)c(F)c2)n1.CCOC(=O)c1cnc(N)c(Br)n1.CCOC(=O)c1cnc(N)cn1.N[C@H](CO)c1cc(F)cc(Br)c1.S.S. The summed E-state index contributed by atoms with van der Waals surface area (Å²) in [5, 5.41) is 29.6. The van der Waals surface area contributed by atoms with Crippen molar-refractivity contribution in [3.8, 4) is 33.8 Å². The first-order valence-corrected chi connectivity index (χ1v) is 44.5. The first-order valence-electron chi connectivity index (χ1n) is 42.2. The van der Waals surface area contributed by atoms with E-state index in [0.29, 0.717) is 43.4 Å². The van der Waals surface area contributed by atoms with Crippen LogP contribution in [0.2, 0.25) is 0 Å². The van der Waals surface area contributed by atoms with Crippen molar-refractivity contribution in [2.45, 2.75) is 138 Å². The first kappa shape index (κ1) is 122. The average molecular weight is 2230 g/mol. The summed E-state index contributed by atoms with van der Waals surface area (Å²) < 4.78 is 131. The van der Waals surface area contributed by atoms with Crippen LogP contribution in [-0.2, 0) is 42.5 Å². The number of nitrogens with zero attached hydrogens (tertiary/aromatic N) is 10. The van der Waals surface area contributed by atoms with Gasteiger partial charge in [0.25, 0.3) is 5.91 Å². The second-order valence-electron chi connectivity index (χ2n) is 32.0. The van der Waals surface area contributed by atoms with E-state index in [4.69, 9.17) is 82.3 Å². The van der Waals surface area contributed by atoms with Gasteiger partial charge in [-0.25, -0.2) is 115 Å². The molecule has 38 nitrogen and oxygen atoms in total. The molecule has 143 heavy (non-hydrogen) atoms. The molecule has 6 aromatic carbocycles. The van der Waals surface area contributed by atoms with E-state index in [2.05, 4.69) is 108 Å². The van der Waals surface area contributed by atoms with Crippen molar-refractivity contribution in [2.75, 3.05) is 74.9 Å². The van der Waals surface area contributed by atoms with Crippen molar-refractivity contribution in [3.05, 3.63) is 257 Å². The minimum atomic E-state index is -1.39. The van der Waals surface area contributed by atoms with Gasteiger partial charge in [-0.15, -0.1) is 0 Å². The highest BCUT2D eigenvalue weighted by atomic mass is 79.9. The van der Waals surface area contributed by atoms with Gasteiger partial charge in [-0.1, -0.05) is 56.1 Å². The summed E-state index contributed by atoms with van der Waals surface area (Å²) in [6.07, 6.45) is 7.35. The van der Waals surface area contributed by atoms with Crippen molar-refractivity contribution in [2.24, 2.45) is 5.73 Å². The van der Waals surface area contributed by atoms with Gasteiger partial charge in [0, 0.05) is 25.6 Å². The molecule has 0 radical (unpaired) electrons. The third-order valence-corrected chi connectivity index (χ3v) is 20.0. The van der Waals surface area contributed by atoms with Crippen LogP contribution in [0.15, 0.2) is 160 Å². The van der Waals surface area contributed by atoms with Crippen LogP contribution >= 0.6 is 74.8 Å². The average Bonchev–Trinajstić information content (AvgIpc) is 1.61. The highest BCUT2D eigenvalue weighted by Crippen LogP contribution is 2.38. The van der Waals surface area contributed by atoms with Gasteiger partial charge in [-0.3, -0.25) is 4.79 Å². The van der Waals surface area contributed by atoms with E-state index >= 15 is 0 Å². The van der Waals surface area contributed by atoms with Gasteiger partial charge in [0.1, 0.15) is 91.1 Å². The second kappa shape index (κ2) is 55.8. The molecule has 1 aliphatic rings. The number of nitrogens with two attached hydrogens (primary N) is 6. The molecule has 5 aromatic heterocycles. The van der Waals surface area contributed by atoms with Gasteiger partial charge in [0.15, 0.2) is 34.3 Å². The maximum Gasteiger partial charge on any atom is 0.494 e. The zero-order valence-electron chi connectivity index (χ0n) is 79.6. The Hall–Kier alpha value is -13.5. The van der Waals surface area contributed by atoms with Gasteiger partial charge in [0.2, 0.25) is 0 Å². The molecule has 1 amide bonds. The fourth-order valence-electron chi connectivity index (χ4n) is 11.2. The summed E-state index contributed by atoms with van der Waals surface area (Å²) in [4.78, 5) is 144. The van der Waals surface area contributed by atoms with Crippen LogP contribution < -0.4 is 45.2 Å². The molecule has 12 rings (SSSR count). The lowest BCUT2D eigenvalue weighted by Gasteiger charge is -2.32. The number of carboxylic acids is 1. The lowest BCUT2D eigenvalue weighted by molar-refractivity contribution is 0.00518. The van der Waals surface area contributed by atoms with Crippen LogP contribution in [-0.4, -0.2) is 195 Å². The highest BCUT2D eigenvalue weighted by Gasteiger charge is 2.52. The van der Waals surface area contributed by atoms with Gasteiger partial charge < -0.3 is 97.5 Å². The number of aromatic carboxylic acids is 1. The van der Waals surface area contributed by atoms with Crippen LogP contribution in [0.25, 0.3) is 33.8 Å². The Morgan fingerprint density at radius 3 is 1.08 bits per heavy atom. The Labute approximate surface area is 856 Å². The number of ether oxygens (including phenoxy) is 7. The molecule has 50 heteroatoms. The largest absolute Gasteiger partial charge is 0.494 e. The van der Waals surface area contributed by atoms with Gasteiger partial charge in [-0.2, -0.15) is 27.0 Å². The van der Waals surface area contributed by atoms with Crippen LogP contribution in [0, 0.1) is 34.9 Å². The number of aliphatic hydroxyl groups is 2. The van der Waals surface area contributed by atoms with E-state index in [9.17, 15) is 74.6 Å². The molecular formula is C93H105BBr3F6N17O21S2. The monoisotopic (exact) mass is 2220 g/mol. The molecule has 16 N–H and O–H groups in total. The fourth-order valence-corrected chi connectivity index (χ4v) is 12.5. The summed E-state index contributed by atoms with van der Waals surface area (Å²) in [7, 11) is -0.665. The minimum absolute atomic E-state index is 0. The maximum atomic E-state index is 14.8. The fraction of sp³-hybridized carbons (Fsp3) is 0.301. The third-order valence-electron chi connectivity index (χ3n) is 18.5. The minimum Gasteiger partial charge on any atom is -0.478 e. The van der Waals surface area contributed by atoms with Crippen LogP contribution in [0.4, 0.5) is 55.4 Å². The number of carbonyl (C=O) groups excluding carboxylic acids is 8. The van der Waals surface area contributed by atoms with E-state index < -0.39 is 137 Å². The van der Waals surface area contributed by atoms with E-state index in [1.807, 2.05) is 27.7 Å². The number of carboxylic acid groups (broad SMARTS) is 1. The Morgan fingerprint density at radius 2 is 0.755 bits per heavy atom. The zero-order chi connectivity index (χ0) is 105. The zero-order valence-corrected chi connectivity index (χ0v) is 86.3. The Morgan fingerprint density at radius 1 is 0.420 bits per heavy atom. The molecule has 1 saturated heterocycles. The number of hydrogen-bond donors (Lipinski definition) is 10. The molecule has 766 valence electrons. The molecule has 0 saturated carbocycles. The molecule has 6 heterocycles. The van der Waals surface area contributed by atoms with Gasteiger partial charge in [-0.05, 0) is 221 Å². The quantitative estimate of drug-likeness (QED) is 0.0123. The first-order chi connectivity index (χ1) is 66.1. The van der Waals surface area contributed by atoms with Crippen LogP contribution in [0.3, 0.4) is 0 Å². The number of nitrogens with one attached hydrogen (secondary N) is 1. The third kappa shape index (κ3) is 36.8. The summed E-state index contributed by atoms with van der Waals surface area (Å²) in [6, 6.07) is 21.9. The summed E-state index contributed by atoms with van der Waals surface area (Å²) in [5.41, 5.74) is 32.3. The second-order valence-corrected chi connectivity index (χ2v) is 34.5. The summed E-state index contributed by atoms with van der Waals surface area (Å²) in [6.45, 7) is 26.8. The van der Waals surface area contributed by atoms with Crippen molar-refractivity contribution < 1.29 is 127 Å². The number of carbonyl (C=O) groups is 9. The number of rotatable bonds is 23. The van der Waals surface area contributed by atoms with E-state index in [-0.39, 0.29) is 167 Å². The Balaban J connectivity index is 0.000000357. The van der Waals surface area contributed by atoms with Gasteiger partial charge in [0.05, 0.1) is 129 Å². The van der Waals surface area contributed by atoms with Crippen LogP contribution in [0.5, 0.6) is 0 Å². The molecule has 0 bridgehead atoms. The number of nitrogen functional groups attached to an aromatic ring is 5. The number of amides is 1. The molecule has 1 aliphatic heterocycles. The number of esters is 7. The number of aromatic nitrogens is 10. The van der Waals surface area contributed by atoms with Crippen molar-refractivity contribution in [1.29, 1.82) is 0 Å². The predicted molar refractivity (Wildman–Crippen MR) is 536 cm³/mol. The smallest absolute Gasteiger partial charge is 0.478 e. The topological polar surface area (TPSA) is 594 Å². The van der Waals surface area contributed by atoms with Crippen molar-refractivity contribution in [3.63, 3.8) is 0 Å². The van der Waals surface area contributed by atoms with Gasteiger partial charge >= 0.3 is 54.9 Å². The normalized spacial score (nSPS) is 12.2. The summed E-state index contributed by atoms with van der Waals surface area (Å²) >= 11 is 9.34. The Bertz CT molecular complexity index is 6280. The standard InChI is InChI=1S/C22H19BrF2N4O4.C18H20FN3O4.C17H24BFO4.C14H12FN3O4.C8H9BrFNO.C7H8BrN3O2.C7H9N3O2.2H2S/c1-2-33-22(32)17-9-27-20(26)19(28-17)11-3-4-15(16(25)7-11)21(31)29-18(10-30)12-5-13(23)8-14(24)6-12;1-5-25-17(24)13-9-21-15(20)14(22-13)10-6-7-11(12(19)8-10)16(23)26-18(2,3)4;1-15(2,3)21-14(20)12-9-8-11(10-13(12)19)18-22-16(4,5)17(6,7)23-18;1-2-22-14(21)10-6-17-12(16)11(18-10)7-3-4-8(13(19)20)9(15)5-7;9-6-1-5(8(11)4-12)2-7(10)3-6;1-2-13-7(12)4-3-10-6(9)5(8)11-4;1-2-12-7(11)5-3-10-6(8)4-9-5;;/h3-9,18,30H,2,10H2,1H3,(H2,26,27)(H,29,31);6-9H,5H2,1-4H3,(H2,20,21);8-10H,1-7H3;3-6H,2H2,1H3,(H2,16,17)(H,19,20);1-3,8,12H,4,11H2;3H,2H2,1H3,(H2,9,10);3-4H,2H2,1H3,(H2,8,10);2*1H2/t18-;;;;8-;;;;/m1...1..../s1. The number of benzene rings is 6. The molecule has 2 atom stereocenters. The molecule has 11 aromatic rings. The number of aliphatic hydroxyl groups excluding tert-OH is 2. The van der Waals surface area contributed by atoms with Crippen molar-refractivity contribution >= 4 is 170 Å². The van der Waals surface area contributed by atoms with Crippen LogP contribution in [0.1, 0.15) is 221 Å². The van der Waals surface area contributed by atoms with Crippen molar-refractivity contribution in [1.82, 2.24) is 55.2 Å². The lowest BCUT2D eigenvalue weighted by Crippen LogP contribution is -2.41. The number of anilines is 5. The Kier molecular flexibility index (Phi) is 47.6. The summed E-state index contributed by atoms with van der Waals surface area (Å²) in [5.74, 6) is -10.4. The number of halogens is 9. The lowest BCUT2D eigenvalue weighted by atomic mass is 9.78. The van der Waals surface area contributed by atoms with E-state index in [1.165, 1.54) is 91.5 Å². The van der Waals surface area contributed by atoms with E-state index in [1.54, 1.807) is 88.3 Å². The molecule has 0 unspecified atom stereocenters. The molecule has 1 fully saturated rings. The molecule has 0 aliphatic carbocycles. The highest BCUT2D eigenvalue weighted by molar-refractivity contribution is 9.11. The van der Waals surface area contributed by atoms with E-state index in [0.717, 1.165) is 42.7 Å². The molecular weight excluding hydrogens is 2120 g/mol. The number of hydrogen-bond acceptors (Lipinski definition) is 36. The maximum absolute atomic E-state index is 14.8.